The molecule has 1 aromatic heterocycles. The number of aromatic nitrogens is 1. The molecule has 4 unspecified atom stereocenters. The minimum Gasteiger partial charge on any atom is -0.481 e. The van der Waals surface area contributed by atoms with Crippen molar-refractivity contribution in [1.82, 2.24) is 20.9 Å². The van der Waals surface area contributed by atoms with Crippen LogP contribution in [0.2, 0.25) is 0 Å². The Labute approximate surface area is 230 Å². The highest BCUT2D eigenvalue weighted by Crippen LogP contribution is 2.19. The number of carboxylic acid groups (broad SMARTS) is 2. The second kappa shape index (κ2) is 15.1. The Balaban J connectivity index is 2.12. The zero-order valence-corrected chi connectivity index (χ0v) is 23.0. The molecule has 1 heterocycles. The van der Waals surface area contributed by atoms with E-state index in [-0.39, 0.29) is 25.2 Å². The lowest BCUT2D eigenvalue weighted by Crippen LogP contribution is -2.57. The first-order valence-electron chi connectivity index (χ1n) is 12.6. The van der Waals surface area contributed by atoms with Crippen molar-refractivity contribution in [3.8, 4) is 0 Å². The molecule has 1 aromatic carbocycles. The molecule has 2 aromatic rings. The first-order chi connectivity index (χ1) is 18.4. The van der Waals surface area contributed by atoms with E-state index in [0.29, 0.717) is 5.75 Å². The third-order valence-corrected chi connectivity index (χ3v) is 6.67. The third kappa shape index (κ3) is 9.91. The average molecular weight is 564 g/mol. The highest BCUT2D eigenvalue weighted by Gasteiger charge is 2.31. The number of aromatic amines is 1. The minimum absolute atomic E-state index is 0.00531. The van der Waals surface area contributed by atoms with Gasteiger partial charge in [0.05, 0.1) is 12.5 Å². The highest BCUT2D eigenvalue weighted by atomic mass is 32.2. The number of benzene rings is 1. The van der Waals surface area contributed by atoms with Crippen LogP contribution in [0.15, 0.2) is 30.5 Å². The molecule has 0 fully saturated rings. The number of hydrogen-bond donors (Lipinski definition) is 7. The molecular weight excluding hydrogens is 526 g/mol. The summed E-state index contributed by atoms with van der Waals surface area (Å²) in [4.78, 5) is 65.0. The summed E-state index contributed by atoms with van der Waals surface area (Å²) in [6.07, 6.45) is 3.30. The van der Waals surface area contributed by atoms with Gasteiger partial charge in [-0.2, -0.15) is 11.8 Å². The van der Waals surface area contributed by atoms with E-state index in [4.69, 9.17) is 5.73 Å². The summed E-state index contributed by atoms with van der Waals surface area (Å²) >= 11 is 1.42. The number of hydrogen-bond acceptors (Lipinski definition) is 7. The molecule has 13 heteroatoms. The molecule has 2 rings (SSSR count). The van der Waals surface area contributed by atoms with Gasteiger partial charge < -0.3 is 36.9 Å². The maximum atomic E-state index is 13.1. The summed E-state index contributed by atoms with van der Waals surface area (Å²) in [5.74, 6) is -4.40. The van der Waals surface area contributed by atoms with E-state index in [0.717, 1.165) is 16.5 Å². The van der Waals surface area contributed by atoms with Crippen molar-refractivity contribution in [3.05, 3.63) is 36.0 Å². The van der Waals surface area contributed by atoms with Gasteiger partial charge >= 0.3 is 11.9 Å². The number of carbonyl (C=O) groups excluding carboxylic acids is 3. The van der Waals surface area contributed by atoms with Crippen LogP contribution in [-0.4, -0.2) is 81.0 Å². The summed E-state index contributed by atoms with van der Waals surface area (Å²) in [7, 11) is 0. The monoisotopic (exact) mass is 563 g/mol. The van der Waals surface area contributed by atoms with Crippen LogP contribution in [-0.2, 0) is 30.4 Å². The molecule has 3 amide bonds. The largest absolute Gasteiger partial charge is 0.481 e. The standard InChI is InChI=1S/C26H37N5O7S/c1-14(2)10-21(26(37)38)31-24(35)19(8-9-39-3)29-25(36)20(12-22(32)33)30-23(34)17(27)11-15-13-28-18-7-5-4-6-16(15)18/h4-7,13-14,17,19-21,28H,8-12,27H2,1-3H3,(H,29,36)(H,30,34)(H,31,35)(H,32,33)(H,37,38). The molecular formula is C26H37N5O7S. The van der Waals surface area contributed by atoms with Crippen molar-refractivity contribution in [1.29, 1.82) is 0 Å². The molecule has 214 valence electrons. The number of thioether (sulfide) groups is 1. The van der Waals surface area contributed by atoms with E-state index in [1.54, 1.807) is 12.5 Å². The number of carboxylic acids is 2. The number of para-hydroxylation sites is 1. The number of nitrogens with one attached hydrogen (secondary N) is 4. The Kier molecular flexibility index (Phi) is 12.3. The minimum atomic E-state index is -1.50. The summed E-state index contributed by atoms with van der Waals surface area (Å²) in [5, 5.41) is 27.0. The fourth-order valence-electron chi connectivity index (χ4n) is 4.03. The van der Waals surface area contributed by atoms with E-state index >= 15 is 0 Å². The zero-order chi connectivity index (χ0) is 29.1. The number of carbonyl (C=O) groups is 5. The summed E-state index contributed by atoms with van der Waals surface area (Å²) in [5.41, 5.74) is 7.75. The number of nitrogens with two attached hydrogens (primary N) is 1. The van der Waals surface area contributed by atoms with E-state index in [1.807, 2.05) is 38.1 Å². The van der Waals surface area contributed by atoms with Gasteiger partial charge in [-0.3, -0.25) is 19.2 Å². The molecule has 0 aliphatic carbocycles. The maximum absolute atomic E-state index is 13.1. The molecule has 0 bridgehead atoms. The van der Waals surface area contributed by atoms with Gasteiger partial charge in [0.25, 0.3) is 0 Å². The third-order valence-electron chi connectivity index (χ3n) is 6.03. The molecule has 0 saturated carbocycles. The number of aliphatic carboxylic acids is 2. The van der Waals surface area contributed by atoms with Gasteiger partial charge in [0, 0.05) is 17.1 Å². The van der Waals surface area contributed by atoms with Crippen LogP contribution in [0.3, 0.4) is 0 Å². The zero-order valence-electron chi connectivity index (χ0n) is 22.2. The number of H-pyrrole nitrogens is 1. The number of fused-ring (bicyclic) bond motifs is 1. The maximum Gasteiger partial charge on any atom is 0.326 e. The van der Waals surface area contributed by atoms with Gasteiger partial charge in [0.2, 0.25) is 17.7 Å². The Morgan fingerprint density at radius 3 is 2.18 bits per heavy atom. The fourth-order valence-corrected chi connectivity index (χ4v) is 4.51. The van der Waals surface area contributed by atoms with E-state index in [2.05, 4.69) is 20.9 Å². The Morgan fingerprint density at radius 1 is 0.949 bits per heavy atom. The average Bonchev–Trinajstić information content (AvgIpc) is 3.27. The lowest BCUT2D eigenvalue weighted by Gasteiger charge is -2.25. The lowest BCUT2D eigenvalue weighted by atomic mass is 10.0. The Hall–Kier alpha value is -3.58. The molecule has 0 aliphatic rings. The SMILES string of the molecule is CSCCC(NC(=O)C(CC(=O)O)NC(=O)C(N)Cc1c[nH]c2ccccc12)C(=O)NC(CC(C)C)C(=O)O. The van der Waals surface area contributed by atoms with Gasteiger partial charge in [-0.1, -0.05) is 32.0 Å². The summed E-state index contributed by atoms with van der Waals surface area (Å²) in [6.45, 7) is 3.63. The van der Waals surface area contributed by atoms with E-state index < -0.39 is 60.2 Å². The lowest BCUT2D eigenvalue weighted by molar-refractivity contribution is -0.143. The van der Waals surface area contributed by atoms with Gasteiger partial charge in [-0.15, -0.1) is 0 Å². The molecule has 4 atom stereocenters. The summed E-state index contributed by atoms with van der Waals surface area (Å²) < 4.78 is 0. The van der Waals surface area contributed by atoms with Crippen LogP contribution in [0.25, 0.3) is 10.9 Å². The Bertz CT molecular complexity index is 1170. The normalized spacial score (nSPS) is 14.3. The second-order valence-electron chi connectivity index (χ2n) is 9.70. The van der Waals surface area contributed by atoms with Crippen molar-refractivity contribution >= 4 is 52.3 Å². The predicted octanol–water partition coefficient (Wildman–Crippen LogP) is 0.851. The molecule has 0 saturated heterocycles. The second-order valence-corrected chi connectivity index (χ2v) is 10.7. The van der Waals surface area contributed by atoms with Crippen LogP contribution in [0, 0.1) is 5.92 Å². The Morgan fingerprint density at radius 2 is 1.56 bits per heavy atom. The van der Waals surface area contributed by atoms with Crippen molar-refractivity contribution < 1.29 is 34.2 Å². The van der Waals surface area contributed by atoms with E-state index in [1.165, 1.54) is 11.8 Å². The van der Waals surface area contributed by atoms with Crippen molar-refractivity contribution in [2.75, 3.05) is 12.0 Å². The van der Waals surface area contributed by atoms with Crippen LogP contribution >= 0.6 is 11.8 Å². The number of amides is 3. The van der Waals surface area contributed by atoms with Gasteiger partial charge in [0.15, 0.2) is 0 Å². The van der Waals surface area contributed by atoms with Gasteiger partial charge in [0.1, 0.15) is 18.1 Å². The smallest absolute Gasteiger partial charge is 0.326 e. The predicted molar refractivity (Wildman–Crippen MR) is 148 cm³/mol. The summed E-state index contributed by atoms with van der Waals surface area (Å²) in [6, 6.07) is 2.61. The molecule has 12 nitrogen and oxygen atoms in total. The van der Waals surface area contributed by atoms with Gasteiger partial charge in [-0.05, 0) is 48.8 Å². The van der Waals surface area contributed by atoms with Crippen LogP contribution < -0.4 is 21.7 Å². The van der Waals surface area contributed by atoms with Crippen LogP contribution in [0.5, 0.6) is 0 Å². The fraction of sp³-hybridized carbons (Fsp3) is 0.500. The first-order valence-corrected chi connectivity index (χ1v) is 14.0. The first kappa shape index (κ1) is 31.6. The molecule has 39 heavy (non-hydrogen) atoms. The molecule has 8 N–H and O–H groups in total. The number of rotatable bonds is 16. The van der Waals surface area contributed by atoms with Crippen LogP contribution in [0.4, 0.5) is 0 Å². The molecule has 0 radical (unpaired) electrons. The van der Waals surface area contributed by atoms with E-state index in [9.17, 15) is 34.2 Å². The molecule has 0 spiro atoms. The van der Waals surface area contributed by atoms with Crippen molar-refractivity contribution in [3.63, 3.8) is 0 Å². The highest BCUT2D eigenvalue weighted by molar-refractivity contribution is 7.98. The molecule has 0 aliphatic heterocycles. The van der Waals surface area contributed by atoms with Crippen LogP contribution in [0.1, 0.15) is 38.7 Å². The van der Waals surface area contributed by atoms with Crippen molar-refractivity contribution in [2.24, 2.45) is 11.7 Å². The van der Waals surface area contributed by atoms with Crippen molar-refractivity contribution in [2.45, 2.75) is 63.7 Å². The van der Waals surface area contributed by atoms with Gasteiger partial charge in [-0.25, -0.2) is 4.79 Å². The quantitative estimate of drug-likeness (QED) is 0.154. The topological polar surface area (TPSA) is 204 Å².